The topological polar surface area (TPSA) is 145 Å². The summed E-state index contributed by atoms with van der Waals surface area (Å²) in [5.41, 5.74) is 2.81. The molecule has 12 nitrogen and oxygen atoms in total. The van der Waals surface area contributed by atoms with Gasteiger partial charge in [0.1, 0.15) is 11.9 Å². The van der Waals surface area contributed by atoms with Crippen LogP contribution >= 0.6 is 0 Å². The number of rotatable bonds is 3. The summed E-state index contributed by atoms with van der Waals surface area (Å²) in [7, 11) is 1.48. The fourth-order valence-electron chi connectivity index (χ4n) is 5.12. The maximum atomic E-state index is 13.7. The molecule has 3 aliphatic heterocycles. The van der Waals surface area contributed by atoms with Gasteiger partial charge in [-0.15, -0.1) is 0 Å². The van der Waals surface area contributed by atoms with Crippen LogP contribution < -0.4 is 24.8 Å². The lowest BCUT2D eigenvalue weighted by Gasteiger charge is -2.21. The first-order chi connectivity index (χ1) is 21.4. The van der Waals surface area contributed by atoms with Crippen molar-refractivity contribution in [3.63, 3.8) is 0 Å². The van der Waals surface area contributed by atoms with Crippen LogP contribution in [-0.2, 0) is 11.3 Å². The van der Waals surface area contributed by atoms with Crippen LogP contribution in [0.1, 0.15) is 32.0 Å². The summed E-state index contributed by atoms with van der Waals surface area (Å²) < 4.78 is 17.4. The van der Waals surface area contributed by atoms with Gasteiger partial charge in [0.2, 0.25) is 0 Å². The van der Waals surface area contributed by atoms with Gasteiger partial charge in [0.15, 0.2) is 23.9 Å². The van der Waals surface area contributed by atoms with Gasteiger partial charge in [0.05, 0.1) is 31.0 Å². The number of hydrogen-bond donors (Lipinski definition) is 2. The van der Waals surface area contributed by atoms with Crippen molar-refractivity contribution in [2.24, 2.45) is 0 Å². The van der Waals surface area contributed by atoms with Crippen LogP contribution in [0.15, 0.2) is 73.2 Å². The van der Waals surface area contributed by atoms with Gasteiger partial charge in [-0.25, -0.2) is 9.97 Å². The van der Waals surface area contributed by atoms with Crippen LogP contribution in [0.25, 0.3) is 11.4 Å². The largest absolute Gasteiger partial charge is 0.493 e. The van der Waals surface area contributed by atoms with Crippen LogP contribution in [0.3, 0.4) is 0 Å². The molecule has 5 heterocycles. The first-order valence-electron chi connectivity index (χ1n) is 14.1. The molecule has 4 aromatic rings. The Morgan fingerprint density at radius 1 is 1.05 bits per heavy atom. The Morgan fingerprint density at radius 3 is 2.64 bits per heavy atom. The quantitative estimate of drug-likeness (QED) is 0.366. The van der Waals surface area contributed by atoms with Gasteiger partial charge in [0, 0.05) is 42.8 Å². The number of carbonyl (C=O) groups is 3. The van der Waals surface area contributed by atoms with E-state index in [-0.39, 0.29) is 37.3 Å². The van der Waals surface area contributed by atoms with Crippen molar-refractivity contribution >= 4 is 17.7 Å². The van der Waals surface area contributed by atoms with Gasteiger partial charge in [0.25, 0.3) is 17.7 Å². The third-order valence-corrected chi connectivity index (χ3v) is 7.48. The number of fused-ring (bicyclic) bond motifs is 7. The Hall–Kier alpha value is -5.52. The number of hydrogen-bond acceptors (Lipinski definition) is 9. The Morgan fingerprint density at radius 2 is 1.89 bits per heavy atom. The van der Waals surface area contributed by atoms with Crippen molar-refractivity contribution in [2.45, 2.75) is 25.6 Å². The predicted octanol–water partition coefficient (Wildman–Crippen LogP) is 2.57. The van der Waals surface area contributed by atoms with Crippen molar-refractivity contribution in [1.29, 1.82) is 0 Å². The second kappa shape index (κ2) is 12.4. The molecule has 0 saturated carbocycles. The Balaban J connectivity index is 1.28. The molecule has 224 valence electrons. The maximum absolute atomic E-state index is 13.7. The van der Waals surface area contributed by atoms with E-state index < -0.39 is 18.1 Å². The number of aryl methyl sites for hydroxylation is 1. The van der Waals surface area contributed by atoms with Crippen LogP contribution in [0.5, 0.6) is 17.2 Å². The van der Waals surface area contributed by atoms with Crippen LogP contribution in [0.4, 0.5) is 0 Å². The van der Waals surface area contributed by atoms with Crippen molar-refractivity contribution in [3.8, 4) is 28.6 Å². The number of nitrogens with one attached hydrogen (secondary N) is 2. The Bertz CT molecular complexity index is 1700. The molecule has 0 radical (unpaired) electrons. The minimum atomic E-state index is -0.547. The molecule has 2 N–H and O–H groups in total. The third-order valence-electron chi connectivity index (χ3n) is 7.48. The number of likely N-dealkylation sites (tertiary alicyclic amines) is 1. The van der Waals surface area contributed by atoms with Gasteiger partial charge in [-0.3, -0.25) is 19.4 Å². The average molecular weight is 595 g/mol. The molecule has 2 aromatic heterocycles. The summed E-state index contributed by atoms with van der Waals surface area (Å²) in [5.74, 6) is 0.703. The number of ether oxygens (including phenoxy) is 3. The van der Waals surface area contributed by atoms with Crippen molar-refractivity contribution in [1.82, 2.24) is 30.5 Å². The van der Waals surface area contributed by atoms with Crippen molar-refractivity contribution in [2.75, 3.05) is 26.8 Å². The van der Waals surface area contributed by atoms with E-state index in [9.17, 15) is 14.4 Å². The van der Waals surface area contributed by atoms with Gasteiger partial charge < -0.3 is 29.7 Å². The average Bonchev–Trinajstić information content (AvgIpc) is 3.44. The summed E-state index contributed by atoms with van der Waals surface area (Å²) in [6.07, 6.45) is 4.31. The summed E-state index contributed by atoms with van der Waals surface area (Å²) in [4.78, 5) is 54.3. The van der Waals surface area contributed by atoms with Crippen LogP contribution in [-0.4, -0.2) is 76.5 Å². The minimum absolute atomic E-state index is 0.203. The van der Waals surface area contributed by atoms with E-state index in [2.05, 4.69) is 25.6 Å². The van der Waals surface area contributed by atoms with E-state index in [0.29, 0.717) is 40.7 Å². The molecule has 44 heavy (non-hydrogen) atoms. The number of aromatic nitrogens is 3. The molecule has 7 rings (SSSR count). The smallest absolute Gasteiger partial charge is 0.258 e. The van der Waals surface area contributed by atoms with E-state index in [1.807, 2.05) is 18.2 Å². The van der Waals surface area contributed by atoms with Gasteiger partial charge in [-0.1, -0.05) is 12.1 Å². The third kappa shape index (κ3) is 6.14. The predicted molar refractivity (Wildman–Crippen MR) is 158 cm³/mol. The number of nitrogens with zero attached hydrogens (tertiary/aromatic N) is 4. The molecule has 0 aliphatic carbocycles. The Kier molecular flexibility index (Phi) is 8.04. The molecular weight excluding hydrogens is 564 g/mol. The first kappa shape index (κ1) is 28.6. The molecule has 2 atom stereocenters. The van der Waals surface area contributed by atoms with E-state index in [4.69, 9.17) is 14.2 Å². The highest BCUT2D eigenvalue weighted by molar-refractivity contribution is 5.97. The number of amides is 3. The molecule has 1 fully saturated rings. The monoisotopic (exact) mass is 594 g/mol. The van der Waals surface area contributed by atoms with E-state index >= 15 is 0 Å². The molecule has 3 aliphatic rings. The second-order valence-corrected chi connectivity index (χ2v) is 10.5. The summed E-state index contributed by atoms with van der Waals surface area (Å²) in [6.45, 7) is 2.24. The fraction of sp³-hybridized carbons (Fsp3) is 0.250. The van der Waals surface area contributed by atoms with E-state index in [1.54, 1.807) is 54.5 Å². The number of benzene rings is 2. The molecule has 0 unspecified atom stereocenters. The lowest BCUT2D eigenvalue weighted by molar-refractivity contribution is -0.123. The summed E-state index contributed by atoms with van der Waals surface area (Å²) in [5, 5.41) is 5.84. The number of methoxy groups -OCH3 is 1. The molecule has 2 aromatic carbocycles. The zero-order valence-electron chi connectivity index (χ0n) is 24.1. The molecule has 12 heteroatoms. The van der Waals surface area contributed by atoms with E-state index in [0.717, 1.165) is 11.1 Å². The van der Waals surface area contributed by atoms with Crippen LogP contribution in [0.2, 0.25) is 0 Å². The molecular formula is C32H30N6O6. The maximum Gasteiger partial charge on any atom is 0.258 e. The SMILES string of the molecule is COc1ccc2cc1OCC(=O)NCc1ccc(cc1)O[C@H]1CN(C(=O)c3cnc(-c4cccnc4)nc3C)C[C@@H]1NC2=O. The Labute approximate surface area is 253 Å². The highest BCUT2D eigenvalue weighted by atomic mass is 16.5. The number of carbonyl (C=O) groups excluding carboxylic acids is 3. The van der Waals surface area contributed by atoms with Crippen molar-refractivity contribution < 1.29 is 28.6 Å². The first-order valence-corrected chi connectivity index (χ1v) is 14.1. The lowest BCUT2D eigenvalue weighted by Crippen LogP contribution is -2.45. The summed E-state index contributed by atoms with van der Waals surface area (Å²) >= 11 is 0. The fourth-order valence-corrected chi connectivity index (χ4v) is 5.12. The van der Waals surface area contributed by atoms with E-state index in [1.165, 1.54) is 19.4 Å². The minimum Gasteiger partial charge on any atom is -0.493 e. The highest BCUT2D eigenvalue weighted by Crippen LogP contribution is 2.29. The lowest BCUT2D eigenvalue weighted by atomic mass is 10.1. The molecule has 1 saturated heterocycles. The number of pyridine rings is 1. The second-order valence-electron chi connectivity index (χ2n) is 10.5. The molecule has 3 amide bonds. The zero-order valence-corrected chi connectivity index (χ0v) is 24.1. The van der Waals surface area contributed by atoms with Gasteiger partial charge in [-0.2, -0.15) is 0 Å². The van der Waals surface area contributed by atoms with Gasteiger partial charge >= 0.3 is 0 Å². The summed E-state index contributed by atoms with van der Waals surface area (Å²) in [6, 6.07) is 15.1. The highest BCUT2D eigenvalue weighted by Gasteiger charge is 2.39. The van der Waals surface area contributed by atoms with Crippen molar-refractivity contribution in [3.05, 3.63) is 95.6 Å². The molecule has 0 spiro atoms. The zero-order chi connectivity index (χ0) is 30.6. The standard InChI is InChI=1S/C32H30N6O6/c1-19-24(15-35-30(36-19)22-4-3-11-33-14-22)32(41)38-16-25-28(17-38)44-23-8-5-20(6-9-23)13-34-29(39)18-43-27-12-21(31(40)37-25)7-10-26(27)42-2/h3-12,14-15,25,28H,13,16-18H2,1-2H3,(H,34,39)(H,37,40)/t25-,28-/m0/s1. The van der Waals surface area contributed by atoms with Crippen LogP contribution in [0, 0.1) is 6.92 Å². The molecule has 4 bridgehead atoms. The normalized spacial score (nSPS) is 18.3. The van der Waals surface area contributed by atoms with Gasteiger partial charge in [-0.05, 0) is 55.0 Å².